The summed E-state index contributed by atoms with van der Waals surface area (Å²) in [7, 11) is 1.80. The Hall–Kier alpha value is -1.61. The molecule has 0 radical (unpaired) electrons. The van der Waals surface area contributed by atoms with Gasteiger partial charge in [-0.2, -0.15) is 0 Å². The number of hydrogen-bond donors (Lipinski definition) is 2. The van der Waals surface area contributed by atoms with Crippen LogP contribution >= 0.6 is 24.0 Å². The molecule has 160 valence electrons. The summed E-state index contributed by atoms with van der Waals surface area (Å²) in [5, 5.41) is 6.87. The monoisotopic (exact) mass is 511 g/mol. The van der Waals surface area contributed by atoms with Gasteiger partial charge in [0.15, 0.2) is 5.96 Å². The zero-order chi connectivity index (χ0) is 19.8. The van der Waals surface area contributed by atoms with Gasteiger partial charge in [-0.25, -0.2) is 0 Å². The highest BCUT2D eigenvalue weighted by Gasteiger charge is 2.23. The second-order valence-electron chi connectivity index (χ2n) is 7.53. The number of anilines is 1. The van der Waals surface area contributed by atoms with Gasteiger partial charge in [0.2, 0.25) is 5.91 Å². The average Bonchev–Trinajstić information content (AvgIpc) is 3.16. The Morgan fingerprint density at radius 2 is 2.03 bits per heavy atom. The number of rotatable bonds is 7. The third kappa shape index (κ3) is 6.70. The lowest BCUT2D eigenvalue weighted by Gasteiger charge is -2.32. The molecule has 2 aliphatic heterocycles. The van der Waals surface area contributed by atoms with Crippen LogP contribution < -0.4 is 15.5 Å². The Morgan fingerprint density at radius 3 is 2.76 bits per heavy atom. The predicted octanol–water partition coefficient (Wildman–Crippen LogP) is 2.79. The van der Waals surface area contributed by atoms with Crippen LogP contribution in [0.1, 0.15) is 31.2 Å². The number of hydrogen-bond acceptors (Lipinski definition) is 3. The number of carbonyl (C=O) groups is 1. The van der Waals surface area contributed by atoms with E-state index in [1.807, 2.05) is 29.2 Å². The fourth-order valence-corrected chi connectivity index (χ4v) is 4.01. The summed E-state index contributed by atoms with van der Waals surface area (Å²) < 4.78 is 0. The van der Waals surface area contributed by atoms with Gasteiger partial charge in [0.05, 0.1) is 0 Å². The molecule has 1 aromatic rings. The molecule has 0 saturated carbocycles. The van der Waals surface area contributed by atoms with E-state index in [-0.39, 0.29) is 29.9 Å². The zero-order valence-electron chi connectivity index (χ0n) is 17.4. The summed E-state index contributed by atoms with van der Waals surface area (Å²) in [6.45, 7) is 8.51. The smallest absolute Gasteiger partial charge is 0.227 e. The van der Waals surface area contributed by atoms with Crippen LogP contribution in [0, 0.1) is 0 Å². The van der Waals surface area contributed by atoms with Crippen molar-refractivity contribution < 1.29 is 4.79 Å². The second kappa shape index (κ2) is 12.2. The number of nitrogens with one attached hydrogen (secondary N) is 2. The number of aliphatic imine (C=N–C) groups is 1. The predicted molar refractivity (Wildman–Crippen MR) is 131 cm³/mol. The van der Waals surface area contributed by atoms with Gasteiger partial charge in [0.25, 0.3) is 0 Å². The molecule has 6 nitrogen and oxygen atoms in total. The molecule has 1 fully saturated rings. The average molecular weight is 511 g/mol. The summed E-state index contributed by atoms with van der Waals surface area (Å²) >= 11 is 0. The van der Waals surface area contributed by atoms with E-state index in [0.29, 0.717) is 12.5 Å². The van der Waals surface area contributed by atoms with Gasteiger partial charge >= 0.3 is 0 Å². The number of halogens is 1. The van der Waals surface area contributed by atoms with Crippen LogP contribution in [0.15, 0.2) is 41.9 Å². The van der Waals surface area contributed by atoms with E-state index in [9.17, 15) is 4.79 Å². The van der Waals surface area contributed by atoms with E-state index in [0.717, 1.165) is 70.1 Å². The van der Waals surface area contributed by atoms with Gasteiger partial charge in [0.1, 0.15) is 0 Å². The highest BCUT2D eigenvalue weighted by molar-refractivity contribution is 14.0. The molecule has 2 N–H and O–H groups in total. The molecule has 1 saturated heterocycles. The molecule has 0 aliphatic carbocycles. The van der Waals surface area contributed by atoms with E-state index < -0.39 is 0 Å². The lowest BCUT2D eigenvalue weighted by Crippen LogP contribution is -2.48. The molecule has 0 atom stereocenters. The van der Waals surface area contributed by atoms with Gasteiger partial charge in [-0.05, 0) is 37.3 Å². The number of carbonyl (C=O) groups excluding carboxylic acids is 1. The number of benzene rings is 1. The number of likely N-dealkylation sites (tertiary alicyclic amines) is 1. The molecule has 2 aliphatic rings. The van der Waals surface area contributed by atoms with Crippen molar-refractivity contribution in [3.05, 3.63) is 42.5 Å². The minimum atomic E-state index is 0. The van der Waals surface area contributed by atoms with E-state index >= 15 is 0 Å². The number of piperidine rings is 1. The summed E-state index contributed by atoms with van der Waals surface area (Å²) in [5.74, 6) is 1.05. The second-order valence-corrected chi connectivity index (χ2v) is 7.53. The highest BCUT2D eigenvalue weighted by Crippen LogP contribution is 2.27. The fourth-order valence-electron chi connectivity index (χ4n) is 4.01. The van der Waals surface area contributed by atoms with Gasteiger partial charge in [-0.3, -0.25) is 14.7 Å². The molecular weight excluding hydrogens is 477 g/mol. The van der Waals surface area contributed by atoms with Crippen molar-refractivity contribution in [3.8, 4) is 0 Å². The Bertz CT molecular complexity index is 700. The number of nitrogens with zero attached hydrogens (tertiary/aromatic N) is 3. The summed E-state index contributed by atoms with van der Waals surface area (Å²) in [6, 6.07) is 8.66. The minimum absolute atomic E-state index is 0. The first-order valence-corrected chi connectivity index (χ1v) is 10.4. The molecule has 3 rings (SSSR count). The Kier molecular flexibility index (Phi) is 9.93. The Balaban J connectivity index is 0.00000300. The van der Waals surface area contributed by atoms with Gasteiger partial charge in [-0.15, -0.1) is 30.6 Å². The van der Waals surface area contributed by atoms with Crippen molar-refractivity contribution >= 4 is 41.5 Å². The molecular formula is C22H34IN5O. The van der Waals surface area contributed by atoms with Crippen molar-refractivity contribution in [3.63, 3.8) is 0 Å². The van der Waals surface area contributed by atoms with Crippen LogP contribution in [0.3, 0.4) is 0 Å². The summed E-state index contributed by atoms with van der Waals surface area (Å²) in [4.78, 5) is 21.2. The largest absolute Gasteiger partial charge is 0.356 e. The molecule has 29 heavy (non-hydrogen) atoms. The number of para-hydroxylation sites is 1. The van der Waals surface area contributed by atoms with Crippen molar-refractivity contribution in [2.75, 3.05) is 44.7 Å². The van der Waals surface area contributed by atoms with Gasteiger partial charge < -0.3 is 15.5 Å². The van der Waals surface area contributed by atoms with Crippen LogP contribution in [-0.4, -0.2) is 62.6 Å². The van der Waals surface area contributed by atoms with E-state index in [1.165, 1.54) is 5.56 Å². The zero-order valence-corrected chi connectivity index (χ0v) is 19.7. The number of guanidine groups is 1. The van der Waals surface area contributed by atoms with Crippen LogP contribution in [0.25, 0.3) is 0 Å². The number of fused-ring (bicyclic) bond motifs is 1. The SMILES string of the molecule is C=CCN1CCC(NC(=NC)NCCCC(=O)N2CCc3ccccc32)CC1.I. The van der Waals surface area contributed by atoms with E-state index in [4.69, 9.17) is 0 Å². The molecule has 0 unspecified atom stereocenters. The highest BCUT2D eigenvalue weighted by atomic mass is 127. The van der Waals surface area contributed by atoms with Crippen LogP contribution in [0.4, 0.5) is 5.69 Å². The molecule has 2 heterocycles. The third-order valence-corrected chi connectivity index (χ3v) is 5.59. The first kappa shape index (κ1) is 23.7. The standard InChI is InChI=1S/C22H33N5O.HI/c1-3-14-26-15-11-19(12-16-26)25-22(23-2)24-13-6-9-21(28)27-17-10-18-7-4-5-8-20(18)27;/h3-5,7-8,19H,1,6,9-17H2,2H3,(H2,23,24,25);1H. The van der Waals surface area contributed by atoms with Crippen molar-refractivity contribution in [1.29, 1.82) is 0 Å². The summed E-state index contributed by atoms with van der Waals surface area (Å²) in [6.07, 6.45) is 6.51. The lowest BCUT2D eigenvalue weighted by atomic mass is 10.1. The minimum Gasteiger partial charge on any atom is -0.356 e. The van der Waals surface area contributed by atoms with Crippen LogP contribution in [0.5, 0.6) is 0 Å². The maximum absolute atomic E-state index is 12.6. The van der Waals surface area contributed by atoms with Crippen LogP contribution in [-0.2, 0) is 11.2 Å². The number of amides is 1. The maximum Gasteiger partial charge on any atom is 0.227 e. The topological polar surface area (TPSA) is 60.0 Å². The third-order valence-electron chi connectivity index (χ3n) is 5.59. The first-order valence-electron chi connectivity index (χ1n) is 10.4. The maximum atomic E-state index is 12.6. The van der Waals surface area contributed by atoms with Gasteiger partial charge in [-0.1, -0.05) is 24.3 Å². The van der Waals surface area contributed by atoms with E-state index in [2.05, 4.69) is 33.2 Å². The molecule has 1 amide bonds. The quantitative estimate of drug-likeness (QED) is 0.194. The van der Waals surface area contributed by atoms with Crippen molar-refractivity contribution in [2.24, 2.45) is 4.99 Å². The van der Waals surface area contributed by atoms with Crippen LogP contribution in [0.2, 0.25) is 0 Å². The molecule has 1 aromatic carbocycles. The molecule has 0 bridgehead atoms. The van der Waals surface area contributed by atoms with Crippen molar-refractivity contribution in [1.82, 2.24) is 15.5 Å². The Morgan fingerprint density at radius 1 is 1.28 bits per heavy atom. The Labute approximate surface area is 191 Å². The molecule has 0 aromatic heterocycles. The van der Waals surface area contributed by atoms with E-state index in [1.54, 1.807) is 7.05 Å². The fraction of sp³-hybridized carbons (Fsp3) is 0.545. The molecule has 0 spiro atoms. The normalized spacial score (nSPS) is 17.4. The first-order chi connectivity index (χ1) is 13.7. The summed E-state index contributed by atoms with van der Waals surface area (Å²) in [5.41, 5.74) is 2.36. The van der Waals surface area contributed by atoms with Crippen molar-refractivity contribution in [2.45, 2.75) is 38.1 Å². The van der Waals surface area contributed by atoms with Gasteiger partial charge in [0, 0.05) is 57.9 Å². The lowest BCUT2D eigenvalue weighted by molar-refractivity contribution is -0.118. The molecule has 7 heteroatoms.